The van der Waals surface area contributed by atoms with Crippen molar-refractivity contribution in [3.05, 3.63) is 64.1 Å². The number of carbonyl (C=O) groups is 1. The summed E-state index contributed by atoms with van der Waals surface area (Å²) in [5.74, 6) is -0.174. The minimum atomic E-state index is -0.232. The summed E-state index contributed by atoms with van der Waals surface area (Å²) < 4.78 is 18.7. The first-order valence-electron chi connectivity index (χ1n) is 11.5. The topological polar surface area (TPSA) is 60.6 Å². The van der Waals surface area contributed by atoms with E-state index in [1.165, 1.54) is 6.07 Å². The van der Waals surface area contributed by atoms with E-state index in [0.717, 1.165) is 58.6 Å². The van der Waals surface area contributed by atoms with Crippen LogP contribution in [0.1, 0.15) is 32.7 Å². The van der Waals surface area contributed by atoms with Gasteiger partial charge in [0.1, 0.15) is 5.82 Å². The molecule has 2 aromatic carbocycles. The van der Waals surface area contributed by atoms with E-state index in [4.69, 9.17) is 4.74 Å². The Morgan fingerprint density at radius 2 is 1.88 bits per heavy atom. The van der Waals surface area contributed by atoms with Crippen LogP contribution in [-0.2, 0) is 11.3 Å². The van der Waals surface area contributed by atoms with Gasteiger partial charge in [-0.25, -0.2) is 4.39 Å². The van der Waals surface area contributed by atoms with Crippen molar-refractivity contribution in [2.24, 2.45) is 0 Å². The summed E-state index contributed by atoms with van der Waals surface area (Å²) in [6, 6.07) is 8.77. The molecule has 6 nitrogen and oxygen atoms in total. The maximum Gasteiger partial charge on any atom is 0.254 e. The lowest BCUT2D eigenvalue weighted by molar-refractivity contribution is 0.0594. The van der Waals surface area contributed by atoms with Crippen molar-refractivity contribution in [2.75, 3.05) is 51.8 Å². The summed E-state index contributed by atoms with van der Waals surface area (Å²) in [6.45, 7) is 11.3. The molecule has 1 amide bonds. The highest BCUT2D eigenvalue weighted by Crippen LogP contribution is 2.31. The van der Waals surface area contributed by atoms with Crippen molar-refractivity contribution in [3.8, 4) is 0 Å². The Morgan fingerprint density at radius 1 is 1.12 bits per heavy atom. The van der Waals surface area contributed by atoms with E-state index in [0.29, 0.717) is 31.8 Å². The second-order valence-corrected chi connectivity index (χ2v) is 8.87. The van der Waals surface area contributed by atoms with Crippen LogP contribution in [-0.4, -0.2) is 67.1 Å². The Morgan fingerprint density at radius 3 is 2.58 bits per heavy atom. The van der Waals surface area contributed by atoms with Gasteiger partial charge in [0.25, 0.3) is 5.91 Å². The molecule has 7 heteroatoms. The molecule has 33 heavy (non-hydrogen) atoms. The van der Waals surface area contributed by atoms with Gasteiger partial charge in [-0.3, -0.25) is 9.69 Å². The molecule has 2 heterocycles. The molecule has 0 radical (unpaired) electrons. The largest absolute Gasteiger partial charge is 0.383 e. The first kappa shape index (κ1) is 23.3. The fourth-order valence-electron chi connectivity index (χ4n) is 4.44. The van der Waals surface area contributed by atoms with Gasteiger partial charge in [-0.2, -0.15) is 0 Å². The molecule has 1 saturated heterocycles. The van der Waals surface area contributed by atoms with E-state index in [1.807, 2.05) is 30.9 Å². The monoisotopic (exact) mass is 452 g/mol. The lowest BCUT2D eigenvalue weighted by atomic mass is 10.0. The van der Waals surface area contributed by atoms with Gasteiger partial charge in [-0.1, -0.05) is 6.07 Å². The van der Waals surface area contributed by atoms with Crippen molar-refractivity contribution in [1.82, 2.24) is 14.8 Å². The van der Waals surface area contributed by atoms with Crippen LogP contribution in [0.15, 0.2) is 30.3 Å². The number of anilines is 1. The van der Waals surface area contributed by atoms with Gasteiger partial charge in [0.2, 0.25) is 0 Å². The Hall–Kier alpha value is -2.90. The van der Waals surface area contributed by atoms with E-state index in [1.54, 1.807) is 19.2 Å². The molecule has 0 aliphatic carbocycles. The molecule has 176 valence electrons. The van der Waals surface area contributed by atoms with Crippen LogP contribution in [0.5, 0.6) is 0 Å². The number of H-pyrrole nitrogens is 1. The predicted molar refractivity (Wildman–Crippen MR) is 130 cm³/mol. The Kier molecular flexibility index (Phi) is 7.00. The highest BCUT2D eigenvalue weighted by atomic mass is 19.1. The van der Waals surface area contributed by atoms with Crippen molar-refractivity contribution < 1.29 is 13.9 Å². The molecule has 0 unspecified atom stereocenters. The number of nitrogens with zero attached hydrogens (tertiary/aromatic N) is 2. The standard InChI is InChI=1S/C26H33FN4O2/c1-17-13-22(27)6-5-20(17)16-28-24-15-21(14-23-18(2)19(3)29-25(23)24)26(32)31-9-7-30(8-10-31)11-12-33-4/h5-6,13-15,28-29H,7-12,16H2,1-4H3. The van der Waals surface area contributed by atoms with Gasteiger partial charge in [0.15, 0.2) is 0 Å². The molecule has 4 rings (SSSR count). The average molecular weight is 453 g/mol. The van der Waals surface area contributed by atoms with Crippen molar-refractivity contribution in [2.45, 2.75) is 27.3 Å². The van der Waals surface area contributed by atoms with Crippen LogP contribution >= 0.6 is 0 Å². The van der Waals surface area contributed by atoms with Crippen LogP contribution in [0, 0.1) is 26.6 Å². The number of aryl methyl sites for hydroxylation is 3. The number of aromatic nitrogens is 1. The molecule has 0 saturated carbocycles. The lowest BCUT2D eigenvalue weighted by Gasteiger charge is -2.34. The second-order valence-electron chi connectivity index (χ2n) is 8.87. The lowest BCUT2D eigenvalue weighted by Crippen LogP contribution is -2.49. The minimum absolute atomic E-state index is 0.0579. The van der Waals surface area contributed by atoms with E-state index >= 15 is 0 Å². The minimum Gasteiger partial charge on any atom is -0.383 e. The third-order valence-electron chi connectivity index (χ3n) is 6.71. The Labute approximate surface area is 194 Å². The van der Waals surface area contributed by atoms with Crippen LogP contribution in [0.25, 0.3) is 10.9 Å². The van der Waals surface area contributed by atoms with Crippen LogP contribution in [0.4, 0.5) is 10.1 Å². The second kappa shape index (κ2) is 9.93. The maximum absolute atomic E-state index is 13.5. The number of ether oxygens (including phenoxy) is 1. The van der Waals surface area contributed by atoms with E-state index in [9.17, 15) is 9.18 Å². The summed E-state index contributed by atoms with van der Waals surface area (Å²) in [7, 11) is 1.71. The average Bonchev–Trinajstić information content (AvgIpc) is 3.10. The highest BCUT2D eigenvalue weighted by Gasteiger charge is 2.23. The first-order chi connectivity index (χ1) is 15.9. The number of aromatic amines is 1. The van der Waals surface area contributed by atoms with Crippen molar-refractivity contribution in [1.29, 1.82) is 0 Å². The van der Waals surface area contributed by atoms with Gasteiger partial charge < -0.3 is 19.9 Å². The quantitative estimate of drug-likeness (QED) is 0.563. The van der Waals surface area contributed by atoms with E-state index in [-0.39, 0.29) is 11.7 Å². The molecule has 0 atom stereocenters. The van der Waals surface area contributed by atoms with E-state index < -0.39 is 0 Å². The van der Waals surface area contributed by atoms with Gasteiger partial charge in [0.05, 0.1) is 17.8 Å². The van der Waals surface area contributed by atoms with Crippen LogP contribution in [0.2, 0.25) is 0 Å². The molecule has 1 aliphatic heterocycles. The van der Waals surface area contributed by atoms with Crippen molar-refractivity contribution >= 4 is 22.5 Å². The number of piperazine rings is 1. The Balaban J connectivity index is 1.57. The van der Waals surface area contributed by atoms with Gasteiger partial charge in [-0.15, -0.1) is 0 Å². The number of benzene rings is 2. The molecular formula is C26H33FN4O2. The number of fused-ring (bicyclic) bond motifs is 1. The normalized spacial score (nSPS) is 14.8. The SMILES string of the molecule is COCCN1CCN(C(=O)c2cc(NCc3ccc(F)cc3C)c3[nH]c(C)c(C)c3c2)CC1. The number of amides is 1. The molecule has 1 aliphatic rings. The maximum atomic E-state index is 13.5. The van der Waals surface area contributed by atoms with E-state index in [2.05, 4.69) is 22.1 Å². The molecule has 2 N–H and O–H groups in total. The number of nitrogens with one attached hydrogen (secondary N) is 2. The number of halogens is 1. The van der Waals surface area contributed by atoms with Crippen LogP contribution < -0.4 is 5.32 Å². The zero-order valence-corrected chi connectivity index (χ0v) is 19.9. The fraction of sp³-hybridized carbons (Fsp3) is 0.423. The van der Waals surface area contributed by atoms with Crippen LogP contribution in [0.3, 0.4) is 0 Å². The number of carbonyl (C=O) groups excluding carboxylic acids is 1. The molecule has 0 bridgehead atoms. The smallest absolute Gasteiger partial charge is 0.254 e. The third kappa shape index (κ3) is 5.04. The fourth-order valence-corrected chi connectivity index (χ4v) is 4.44. The Bertz CT molecular complexity index is 1150. The zero-order chi connectivity index (χ0) is 23.5. The van der Waals surface area contributed by atoms with Crippen molar-refractivity contribution in [3.63, 3.8) is 0 Å². The molecular weight excluding hydrogens is 419 g/mol. The zero-order valence-electron chi connectivity index (χ0n) is 19.9. The summed E-state index contributed by atoms with van der Waals surface area (Å²) in [6.07, 6.45) is 0. The summed E-state index contributed by atoms with van der Waals surface area (Å²) >= 11 is 0. The molecule has 1 fully saturated rings. The van der Waals surface area contributed by atoms with Gasteiger partial charge in [-0.05, 0) is 61.7 Å². The van der Waals surface area contributed by atoms with Gasteiger partial charge >= 0.3 is 0 Å². The predicted octanol–water partition coefficient (Wildman–Crippen LogP) is 4.25. The molecule has 3 aromatic rings. The third-order valence-corrected chi connectivity index (χ3v) is 6.71. The summed E-state index contributed by atoms with van der Waals surface area (Å²) in [4.78, 5) is 21.1. The highest BCUT2D eigenvalue weighted by molar-refractivity contribution is 6.03. The molecule has 1 aromatic heterocycles. The number of rotatable bonds is 7. The number of hydrogen-bond donors (Lipinski definition) is 2. The number of hydrogen-bond acceptors (Lipinski definition) is 4. The number of methoxy groups -OCH3 is 1. The first-order valence-corrected chi connectivity index (χ1v) is 11.5. The summed E-state index contributed by atoms with van der Waals surface area (Å²) in [5.41, 5.74) is 6.71. The summed E-state index contributed by atoms with van der Waals surface area (Å²) in [5, 5.41) is 4.54. The molecule has 0 spiro atoms. The van der Waals surface area contributed by atoms with Gasteiger partial charge in [0, 0.05) is 63.0 Å².